The fourth-order valence-electron chi connectivity index (χ4n) is 21.8. The van der Waals surface area contributed by atoms with Gasteiger partial charge in [0.15, 0.2) is 0 Å². The van der Waals surface area contributed by atoms with Crippen LogP contribution in [0.4, 0.5) is 68.7 Å². The first-order valence-electron chi connectivity index (χ1n) is 37.9. The summed E-state index contributed by atoms with van der Waals surface area (Å²) in [6, 6.07) is 94.7. The molecule has 22 aromatic rings. The van der Waals surface area contributed by atoms with Gasteiger partial charge in [0, 0.05) is 88.8 Å². The second-order valence-electron chi connectivity index (χ2n) is 30.8. The Bertz CT molecular complexity index is 8080. The summed E-state index contributed by atoms with van der Waals surface area (Å²) in [5.41, 5.74) is 20.6. The summed E-state index contributed by atoms with van der Waals surface area (Å²) in [7, 11) is 0. The summed E-state index contributed by atoms with van der Waals surface area (Å²) >= 11 is 0. The van der Waals surface area contributed by atoms with Crippen LogP contribution in [0.1, 0.15) is 0 Å². The summed E-state index contributed by atoms with van der Waals surface area (Å²) in [4.78, 5) is 6.08. The van der Waals surface area contributed by atoms with E-state index in [1.807, 2.05) is 52.3 Å². The maximum absolute atomic E-state index is 18.3. The summed E-state index contributed by atoms with van der Waals surface area (Å²) < 4.78 is 103. The van der Waals surface area contributed by atoms with Crippen LogP contribution in [0.2, 0.25) is 0 Å². The highest BCUT2D eigenvalue weighted by molar-refractivity contribution is 7.04. The Balaban J connectivity index is 0.804. The van der Waals surface area contributed by atoms with Crippen LogP contribution in [0, 0.1) is 23.3 Å². The lowest BCUT2D eigenvalue weighted by molar-refractivity contribution is 0.472. The molecule has 0 unspecified atom stereocenters. The molecule has 0 bridgehead atoms. The van der Waals surface area contributed by atoms with Crippen molar-refractivity contribution in [3.8, 4) is 34.5 Å². The topological polar surface area (TPSA) is 50.6 Å². The first-order valence-corrected chi connectivity index (χ1v) is 37.9. The SMILES string of the molecule is Fc1cccc(F)c1N1c2cc3c(cc2B2c4ccccc4Oc4c2c1c1c2ccccc2n2c5ccccc5c4c12)B1c2cc4c(cc2Oc2c1c(c1c5ccccc5n5c6ccccc6c2c15)O3)N(c1c(F)cccc1F)c1c2c(c3c5ccccc5n5c6ccccc6c1c35)N(c1ccccc1)c1ccccc1B42. The largest absolute Gasteiger partial charge is 0.458 e. The normalized spacial score (nSPS) is 14.2. The fourth-order valence-corrected chi connectivity index (χ4v) is 21.8. The molecule has 0 radical (unpaired) electrons. The second-order valence-corrected chi connectivity index (χ2v) is 30.8. The van der Waals surface area contributed by atoms with Gasteiger partial charge in [0.2, 0.25) is 0 Å². The molecule has 516 valence electrons. The van der Waals surface area contributed by atoms with Crippen molar-refractivity contribution in [1.29, 1.82) is 0 Å². The van der Waals surface area contributed by atoms with Gasteiger partial charge in [-0.05, 0) is 129 Å². The Morgan fingerprint density at radius 3 is 1.04 bits per heavy atom. The van der Waals surface area contributed by atoms with Crippen LogP contribution >= 0.6 is 0 Å². The van der Waals surface area contributed by atoms with Crippen molar-refractivity contribution in [2.75, 3.05) is 14.7 Å². The van der Waals surface area contributed by atoms with Crippen molar-refractivity contribution >= 4 is 235 Å². The predicted octanol–water partition coefficient (Wildman–Crippen LogP) is 18.9. The van der Waals surface area contributed by atoms with E-state index >= 15 is 17.6 Å². The molecule has 9 nitrogen and oxygen atoms in total. The zero-order chi connectivity index (χ0) is 72.8. The molecular formula is C96H47B3F4N6O3. The van der Waals surface area contributed by atoms with Gasteiger partial charge in [-0.2, -0.15) is 0 Å². The Kier molecular flexibility index (Phi) is 10.5. The lowest BCUT2D eigenvalue weighted by atomic mass is 9.29. The Morgan fingerprint density at radius 2 is 0.571 bits per heavy atom. The number of hydrogen-bond acceptors (Lipinski definition) is 6. The zero-order valence-electron chi connectivity index (χ0n) is 58.8. The Morgan fingerprint density at radius 1 is 0.232 bits per heavy atom. The number of nitrogens with zero attached hydrogens (tertiary/aromatic N) is 6. The molecule has 0 atom stereocenters. The van der Waals surface area contributed by atoms with Gasteiger partial charge < -0.3 is 42.1 Å². The minimum absolute atomic E-state index is 0.228. The van der Waals surface area contributed by atoms with Gasteiger partial charge in [0.1, 0.15) is 69.1 Å². The lowest BCUT2D eigenvalue weighted by Crippen LogP contribution is -2.65. The lowest BCUT2D eigenvalue weighted by Gasteiger charge is -2.45. The highest BCUT2D eigenvalue weighted by Crippen LogP contribution is 2.59. The molecule has 6 aliphatic rings. The van der Waals surface area contributed by atoms with Crippen LogP contribution in [0.25, 0.3) is 114 Å². The van der Waals surface area contributed by atoms with Gasteiger partial charge in [-0.1, -0.05) is 188 Å². The Labute approximate surface area is 633 Å². The molecule has 16 aromatic carbocycles. The number of hydrogen-bond donors (Lipinski definition) is 0. The van der Waals surface area contributed by atoms with Crippen LogP contribution in [-0.4, -0.2) is 33.3 Å². The molecule has 6 aromatic heterocycles. The van der Waals surface area contributed by atoms with Crippen molar-refractivity contribution < 1.29 is 31.8 Å². The van der Waals surface area contributed by atoms with E-state index in [1.54, 1.807) is 0 Å². The van der Waals surface area contributed by atoms with Gasteiger partial charge in [-0.25, -0.2) is 17.6 Å². The van der Waals surface area contributed by atoms with Crippen LogP contribution in [0.5, 0.6) is 34.5 Å². The van der Waals surface area contributed by atoms with Crippen LogP contribution < -0.4 is 78.1 Å². The molecular weight excluding hydrogens is 1390 g/mol. The molecule has 16 heteroatoms. The summed E-state index contributed by atoms with van der Waals surface area (Å²) in [5.74, 6) is 0.404. The molecule has 28 rings (SSSR count). The molecule has 0 fully saturated rings. The third kappa shape index (κ3) is 6.70. The van der Waals surface area contributed by atoms with E-state index in [-0.39, 0.29) is 11.4 Å². The number of para-hydroxylation sites is 11. The van der Waals surface area contributed by atoms with E-state index in [0.717, 1.165) is 181 Å². The number of rotatable bonds is 3. The highest BCUT2D eigenvalue weighted by Gasteiger charge is 2.53. The minimum Gasteiger partial charge on any atom is -0.458 e. The molecule has 12 heterocycles. The van der Waals surface area contributed by atoms with Crippen LogP contribution in [0.3, 0.4) is 0 Å². The fraction of sp³-hybridized carbons (Fsp3) is 0. The van der Waals surface area contributed by atoms with Crippen molar-refractivity contribution in [1.82, 2.24) is 13.2 Å². The van der Waals surface area contributed by atoms with Crippen molar-refractivity contribution in [2.45, 2.75) is 0 Å². The summed E-state index contributed by atoms with van der Waals surface area (Å²) in [6.45, 7) is -1.90. The highest BCUT2D eigenvalue weighted by atomic mass is 19.1. The van der Waals surface area contributed by atoms with Crippen LogP contribution in [-0.2, 0) is 0 Å². The standard InChI is InChI=1S/C96H47B3F4N6O3/c100-61-32-20-33-62(101)86(61)108-72-46-75-59(44-57(72)97-55-30-10-18-42-71(55)104(48-22-2-1-3-23-48)91-77-49-24-4-12-36-65(49)105-66-37-13-5-25-50(66)78(88(77)105)92(108)83(91)97)99-60-45-58-73(47-76(60)112-96-82-54-29-9-17-41-70(54)107-69-40-16-8-28-53(69)81(90(82)107)95(111-75)85(96)99)109(87-63(102)34-21-35-64(87)103)93-79-51-26-6-14-38-67(51)106-68-39-15-7-27-52(68)80(89(79)106)94-84(93)98(58)56-31-11-19-43-74(56)110-94/h1-47H. The maximum Gasteiger partial charge on any atom is 0.260 e. The molecule has 0 saturated heterocycles. The van der Waals surface area contributed by atoms with E-state index in [4.69, 9.17) is 14.2 Å². The number of halogens is 4. The van der Waals surface area contributed by atoms with E-state index < -0.39 is 43.4 Å². The third-order valence-electron chi connectivity index (χ3n) is 25.7. The van der Waals surface area contributed by atoms with E-state index in [2.05, 4.69) is 224 Å². The third-order valence-corrected chi connectivity index (χ3v) is 25.7. The monoisotopic (exact) mass is 1440 g/mol. The van der Waals surface area contributed by atoms with Gasteiger partial charge in [0.05, 0.1) is 82.9 Å². The molecule has 0 spiro atoms. The molecule has 0 aliphatic carbocycles. The van der Waals surface area contributed by atoms with Crippen molar-refractivity contribution in [3.63, 3.8) is 0 Å². The number of anilines is 9. The van der Waals surface area contributed by atoms with Gasteiger partial charge in [-0.3, -0.25) is 0 Å². The first-order chi connectivity index (χ1) is 55.3. The summed E-state index contributed by atoms with van der Waals surface area (Å²) in [6.07, 6.45) is 0. The molecule has 0 amide bonds. The number of aromatic nitrogens is 3. The quantitative estimate of drug-likeness (QED) is 0.130. The van der Waals surface area contributed by atoms with Crippen molar-refractivity contribution in [2.24, 2.45) is 0 Å². The first kappa shape index (κ1) is 58.7. The molecule has 0 N–H and O–H groups in total. The second kappa shape index (κ2) is 20.1. The molecule has 6 aliphatic heterocycles. The average molecular weight is 1440 g/mol. The number of ether oxygens (including phenoxy) is 3. The molecule has 0 saturated carbocycles. The van der Waals surface area contributed by atoms with E-state index in [0.29, 0.717) is 57.2 Å². The molecule has 112 heavy (non-hydrogen) atoms. The van der Waals surface area contributed by atoms with Gasteiger partial charge >= 0.3 is 0 Å². The summed E-state index contributed by atoms with van der Waals surface area (Å²) in [5, 5.41) is 11.2. The minimum atomic E-state index is -0.749. The maximum atomic E-state index is 18.3. The van der Waals surface area contributed by atoms with E-state index in [1.165, 1.54) is 36.4 Å². The van der Waals surface area contributed by atoms with Crippen molar-refractivity contribution in [3.05, 3.63) is 308 Å². The smallest absolute Gasteiger partial charge is 0.260 e. The zero-order valence-corrected chi connectivity index (χ0v) is 58.8. The van der Waals surface area contributed by atoms with Gasteiger partial charge in [0.25, 0.3) is 20.1 Å². The van der Waals surface area contributed by atoms with E-state index in [9.17, 15) is 0 Å². The number of benzene rings is 16. The van der Waals surface area contributed by atoms with Crippen LogP contribution in [0.15, 0.2) is 285 Å². The average Bonchev–Trinajstić information content (AvgIpc) is 1.38. The predicted molar refractivity (Wildman–Crippen MR) is 448 cm³/mol. The Hall–Kier alpha value is -14.4. The number of fused-ring (bicyclic) bond motifs is 36. The van der Waals surface area contributed by atoms with Gasteiger partial charge in [-0.15, -0.1) is 0 Å².